The maximum atomic E-state index is 13.9. The van der Waals surface area contributed by atoms with Gasteiger partial charge in [-0.25, -0.2) is 4.39 Å². The maximum Gasteiger partial charge on any atom is 0.222 e. The molecular formula is C19H27FN2O2. The zero-order chi connectivity index (χ0) is 17.1. The van der Waals surface area contributed by atoms with Gasteiger partial charge in [0.1, 0.15) is 0 Å². The highest BCUT2D eigenvalue weighted by atomic mass is 19.1. The monoisotopic (exact) mass is 334 g/mol. The first-order valence-electron chi connectivity index (χ1n) is 9.00. The third-order valence-electron chi connectivity index (χ3n) is 5.38. The van der Waals surface area contributed by atoms with Crippen LogP contribution in [-0.4, -0.2) is 48.0 Å². The number of nitrogens with zero attached hydrogens (tertiary/aromatic N) is 2. The van der Waals surface area contributed by atoms with Crippen molar-refractivity contribution >= 4 is 5.91 Å². The molecule has 5 heteroatoms. The van der Waals surface area contributed by atoms with E-state index in [4.69, 9.17) is 4.74 Å². The Morgan fingerprint density at radius 2 is 2.00 bits per heavy atom. The standard InChI is InChI=1S/C19H27FN2O2/c1-3-19(23)22-11-5-7-17(22)16-6-4-10-21(16)13-14-8-9-18(24-2)15(20)12-14/h8-9,12,16-17H,3-7,10-11,13H2,1-2H3/t16-,17-/m1/s1. The van der Waals surface area contributed by atoms with E-state index in [9.17, 15) is 9.18 Å². The van der Waals surface area contributed by atoms with Crippen molar-refractivity contribution in [2.75, 3.05) is 20.2 Å². The number of ether oxygens (including phenoxy) is 1. The van der Waals surface area contributed by atoms with E-state index in [0.717, 1.165) is 50.9 Å². The van der Waals surface area contributed by atoms with Gasteiger partial charge in [0.15, 0.2) is 11.6 Å². The number of halogens is 1. The summed E-state index contributed by atoms with van der Waals surface area (Å²) in [6, 6.07) is 5.91. The van der Waals surface area contributed by atoms with Gasteiger partial charge in [-0.3, -0.25) is 9.69 Å². The van der Waals surface area contributed by atoms with E-state index in [1.807, 2.05) is 13.0 Å². The van der Waals surface area contributed by atoms with Gasteiger partial charge in [-0.15, -0.1) is 0 Å². The van der Waals surface area contributed by atoms with Crippen molar-refractivity contribution < 1.29 is 13.9 Å². The molecule has 2 saturated heterocycles. The molecule has 0 bridgehead atoms. The van der Waals surface area contributed by atoms with Crippen LogP contribution in [0.1, 0.15) is 44.6 Å². The zero-order valence-electron chi connectivity index (χ0n) is 14.6. The Labute approximate surface area is 143 Å². The molecule has 2 atom stereocenters. The van der Waals surface area contributed by atoms with Crippen LogP contribution in [0.5, 0.6) is 5.75 Å². The van der Waals surface area contributed by atoms with E-state index in [1.54, 1.807) is 12.1 Å². The summed E-state index contributed by atoms with van der Waals surface area (Å²) in [4.78, 5) is 16.7. The minimum absolute atomic E-state index is 0.264. The Hall–Kier alpha value is -1.62. The van der Waals surface area contributed by atoms with E-state index in [2.05, 4.69) is 9.80 Å². The third kappa shape index (κ3) is 3.41. The third-order valence-corrected chi connectivity index (χ3v) is 5.38. The minimum Gasteiger partial charge on any atom is -0.494 e. The fourth-order valence-corrected chi connectivity index (χ4v) is 4.23. The number of hydrogen-bond acceptors (Lipinski definition) is 3. The maximum absolute atomic E-state index is 13.9. The molecule has 1 aromatic carbocycles. The SMILES string of the molecule is CCC(=O)N1CCC[C@@H]1[C@H]1CCCN1Cc1ccc(OC)c(F)c1. The van der Waals surface area contributed by atoms with Crippen LogP contribution in [0.3, 0.4) is 0 Å². The van der Waals surface area contributed by atoms with Crippen molar-refractivity contribution in [3.05, 3.63) is 29.6 Å². The molecule has 0 unspecified atom stereocenters. The van der Waals surface area contributed by atoms with Crippen LogP contribution in [0.15, 0.2) is 18.2 Å². The van der Waals surface area contributed by atoms with Gasteiger partial charge in [-0.1, -0.05) is 13.0 Å². The fourth-order valence-electron chi connectivity index (χ4n) is 4.23. The lowest BCUT2D eigenvalue weighted by molar-refractivity contribution is -0.132. The van der Waals surface area contributed by atoms with Crippen LogP contribution < -0.4 is 4.74 Å². The first kappa shape index (κ1) is 17.2. The van der Waals surface area contributed by atoms with Crippen LogP contribution in [0.2, 0.25) is 0 Å². The van der Waals surface area contributed by atoms with E-state index in [0.29, 0.717) is 18.5 Å². The lowest BCUT2D eigenvalue weighted by Gasteiger charge is -2.35. The molecule has 2 heterocycles. The van der Waals surface area contributed by atoms with Crippen molar-refractivity contribution in [2.24, 2.45) is 0 Å². The number of hydrogen-bond donors (Lipinski definition) is 0. The van der Waals surface area contributed by atoms with Crippen molar-refractivity contribution in [2.45, 2.75) is 57.7 Å². The molecule has 0 spiro atoms. The highest BCUT2D eigenvalue weighted by molar-refractivity contribution is 5.76. The van der Waals surface area contributed by atoms with Crippen molar-refractivity contribution in [3.63, 3.8) is 0 Å². The molecule has 0 saturated carbocycles. The molecular weight excluding hydrogens is 307 g/mol. The Bertz CT molecular complexity index is 593. The molecule has 1 aromatic rings. The molecule has 2 aliphatic heterocycles. The smallest absolute Gasteiger partial charge is 0.222 e. The molecule has 4 nitrogen and oxygen atoms in total. The Morgan fingerprint density at radius 1 is 1.25 bits per heavy atom. The second kappa shape index (κ2) is 7.51. The Balaban J connectivity index is 1.71. The first-order chi connectivity index (χ1) is 11.6. The predicted molar refractivity (Wildman–Crippen MR) is 91.4 cm³/mol. The molecule has 24 heavy (non-hydrogen) atoms. The molecule has 0 radical (unpaired) electrons. The second-order valence-electron chi connectivity index (χ2n) is 6.80. The summed E-state index contributed by atoms with van der Waals surface area (Å²) in [5.41, 5.74) is 0.964. The summed E-state index contributed by atoms with van der Waals surface area (Å²) in [6.45, 7) is 4.57. The first-order valence-corrected chi connectivity index (χ1v) is 9.00. The number of benzene rings is 1. The van der Waals surface area contributed by atoms with Crippen LogP contribution in [0.4, 0.5) is 4.39 Å². The van der Waals surface area contributed by atoms with Crippen LogP contribution in [0, 0.1) is 5.82 Å². The number of methoxy groups -OCH3 is 1. The average molecular weight is 334 g/mol. The van der Waals surface area contributed by atoms with Crippen molar-refractivity contribution in [1.29, 1.82) is 0 Å². The van der Waals surface area contributed by atoms with Crippen LogP contribution in [0.25, 0.3) is 0 Å². The van der Waals surface area contributed by atoms with Gasteiger partial charge in [0.25, 0.3) is 0 Å². The Morgan fingerprint density at radius 3 is 2.71 bits per heavy atom. The summed E-state index contributed by atoms with van der Waals surface area (Å²) in [5.74, 6) is 0.237. The summed E-state index contributed by atoms with van der Waals surface area (Å²) in [5, 5.41) is 0. The van der Waals surface area contributed by atoms with Gasteiger partial charge in [-0.05, 0) is 49.9 Å². The summed E-state index contributed by atoms with van der Waals surface area (Å²) < 4.78 is 18.9. The number of likely N-dealkylation sites (tertiary alicyclic amines) is 2. The van der Waals surface area contributed by atoms with E-state index in [1.165, 1.54) is 7.11 Å². The van der Waals surface area contributed by atoms with Crippen LogP contribution in [-0.2, 0) is 11.3 Å². The number of amides is 1. The normalized spacial score (nSPS) is 24.5. The molecule has 0 aromatic heterocycles. The highest BCUT2D eigenvalue weighted by Gasteiger charge is 2.39. The number of carbonyl (C=O) groups excluding carboxylic acids is 1. The molecule has 132 valence electrons. The van der Waals surface area contributed by atoms with E-state index >= 15 is 0 Å². The zero-order valence-corrected chi connectivity index (χ0v) is 14.6. The molecule has 1 amide bonds. The van der Waals surface area contributed by atoms with Gasteiger partial charge in [0, 0.05) is 31.6 Å². The average Bonchev–Trinajstić information content (AvgIpc) is 3.23. The topological polar surface area (TPSA) is 32.8 Å². The van der Waals surface area contributed by atoms with Gasteiger partial charge in [0.2, 0.25) is 5.91 Å². The van der Waals surface area contributed by atoms with Crippen LogP contribution >= 0.6 is 0 Å². The summed E-state index contributed by atoms with van der Waals surface area (Å²) in [7, 11) is 1.48. The quantitative estimate of drug-likeness (QED) is 0.829. The lowest BCUT2D eigenvalue weighted by Crippen LogP contribution is -2.47. The van der Waals surface area contributed by atoms with Crippen molar-refractivity contribution in [1.82, 2.24) is 9.80 Å². The van der Waals surface area contributed by atoms with Gasteiger partial charge in [0.05, 0.1) is 7.11 Å². The largest absolute Gasteiger partial charge is 0.494 e. The molecule has 2 aliphatic rings. The molecule has 0 aliphatic carbocycles. The Kier molecular flexibility index (Phi) is 5.39. The van der Waals surface area contributed by atoms with E-state index in [-0.39, 0.29) is 17.5 Å². The molecule has 3 rings (SSSR count). The number of rotatable bonds is 5. The lowest BCUT2D eigenvalue weighted by atomic mass is 10.0. The fraction of sp³-hybridized carbons (Fsp3) is 0.632. The highest BCUT2D eigenvalue weighted by Crippen LogP contribution is 2.32. The van der Waals surface area contributed by atoms with Gasteiger partial charge >= 0.3 is 0 Å². The molecule has 2 fully saturated rings. The van der Waals surface area contributed by atoms with E-state index < -0.39 is 0 Å². The van der Waals surface area contributed by atoms with Crippen molar-refractivity contribution in [3.8, 4) is 5.75 Å². The second-order valence-corrected chi connectivity index (χ2v) is 6.80. The van der Waals surface area contributed by atoms with Gasteiger partial charge in [-0.2, -0.15) is 0 Å². The predicted octanol–water partition coefficient (Wildman–Crippen LogP) is 3.20. The summed E-state index contributed by atoms with van der Waals surface area (Å²) in [6.07, 6.45) is 5.03. The van der Waals surface area contributed by atoms with Gasteiger partial charge < -0.3 is 9.64 Å². The number of carbonyl (C=O) groups is 1. The minimum atomic E-state index is -0.311. The molecule has 0 N–H and O–H groups in total. The summed E-state index contributed by atoms with van der Waals surface area (Å²) >= 11 is 0.